The summed E-state index contributed by atoms with van der Waals surface area (Å²) in [6.07, 6.45) is 0. The van der Waals surface area contributed by atoms with Crippen LogP contribution in [0.1, 0.15) is 30.9 Å². The van der Waals surface area contributed by atoms with Crippen molar-refractivity contribution in [3.8, 4) is 0 Å². The van der Waals surface area contributed by atoms with Crippen molar-refractivity contribution in [2.24, 2.45) is 0 Å². The maximum Gasteiger partial charge on any atom is 0.138 e. The SMILES string of the molecule is Cc1cccc2c1oc1c(C(C)C)cccc12. The second kappa shape index (κ2) is 3.63. The van der Waals surface area contributed by atoms with Gasteiger partial charge in [0.25, 0.3) is 0 Å². The monoisotopic (exact) mass is 224 g/mol. The summed E-state index contributed by atoms with van der Waals surface area (Å²) in [5.41, 5.74) is 4.56. The molecule has 0 N–H and O–H groups in total. The van der Waals surface area contributed by atoms with E-state index in [9.17, 15) is 0 Å². The largest absolute Gasteiger partial charge is 0.455 e. The van der Waals surface area contributed by atoms with Crippen LogP contribution in [0.3, 0.4) is 0 Å². The van der Waals surface area contributed by atoms with Crippen LogP contribution in [0.2, 0.25) is 0 Å². The van der Waals surface area contributed by atoms with Gasteiger partial charge in [0.15, 0.2) is 0 Å². The van der Waals surface area contributed by atoms with Crippen LogP contribution in [0.5, 0.6) is 0 Å². The summed E-state index contributed by atoms with van der Waals surface area (Å²) in [5.74, 6) is 0.486. The molecule has 0 amide bonds. The van der Waals surface area contributed by atoms with Crippen LogP contribution in [0, 0.1) is 6.92 Å². The molecular formula is C16H16O. The van der Waals surface area contributed by atoms with Gasteiger partial charge in [0.2, 0.25) is 0 Å². The van der Waals surface area contributed by atoms with Gasteiger partial charge in [-0.1, -0.05) is 50.2 Å². The maximum absolute atomic E-state index is 6.08. The summed E-state index contributed by atoms with van der Waals surface area (Å²) in [6.45, 7) is 6.50. The smallest absolute Gasteiger partial charge is 0.138 e. The predicted molar refractivity (Wildman–Crippen MR) is 72.5 cm³/mol. The number of furan rings is 1. The summed E-state index contributed by atoms with van der Waals surface area (Å²) >= 11 is 0. The quantitative estimate of drug-likeness (QED) is 0.565. The van der Waals surface area contributed by atoms with Crippen molar-refractivity contribution >= 4 is 21.9 Å². The van der Waals surface area contributed by atoms with Gasteiger partial charge in [0.1, 0.15) is 11.2 Å². The van der Waals surface area contributed by atoms with Gasteiger partial charge in [-0.15, -0.1) is 0 Å². The molecule has 0 aliphatic rings. The van der Waals surface area contributed by atoms with E-state index in [1.807, 2.05) is 0 Å². The first-order valence-corrected chi connectivity index (χ1v) is 6.09. The minimum atomic E-state index is 0.486. The Morgan fingerprint density at radius 1 is 0.882 bits per heavy atom. The fraction of sp³-hybridized carbons (Fsp3) is 0.250. The van der Waals surface area contributed by atoms with Crippen LogP contribution in [-0.4, -0.2) is 0 Å². The molecule has 0 saturated carbocycles. The Morgan fingerprint density at radius 2 is 1.53 bits per heavy atom. The van der Waals surface area contributed by atoms with E-state index in [2.05, 4.69) is 57.2 Å². The van der Waals surface area contributed by atoms with Crippen LogP contribution in [0.15, 0.2) is 40.8 Å². The molecule has 17 heavy (non-hydrogen) atoms. The summed E-state index contributed by atoms with van der Waals surface area (Å²) in [4.78, 5) is 0. The zero-order valence-corrected chi connectivity index (χ0v) is 10.4. The fourth-order valence-corrected chi connectivity index (χ4v) is 2.44. The van der Waals surface area contributed by atoms with E-state index in [1.165, 1.54) is 21.9 Å². The highest BCUT2D eigenvalue weighted by Crippen LogP contribution is 2.34. The molecule has 1 heterocycles. The second-order valence-electron chi connectivity index (χ2n) is 4.93. The molecule has 1 aromatic heterocycles. The lowest BCUT2D eigenvalue weighted by Gasteiger charge is -2.04. The molecule has 0 bridgehead atoms. The molecule has 3 aromatic rings. The van der Waals surface area contributed by atoms with Gasteiger partial charge in [-0.2, -0.15) is 0 Å². The van der Waals surface area contributed by atoms with Crippen molar-refractivity contribution in [2.45, 2.75) is 26.7 Å². The van der Waals surface area contributed by atoms with E-state index in [-0.39, 0.29) is 0 Å². The number of aryl methyl sites for hydroxylation is 1. The lowest BCUT2D eigenvalue weighted by molar-refractivity contribution is 0.654. The Balaban J connectivity index is 2.51. The minimum Gasteiger partial charge on any atom is -0.455 e. The Morgan fingerprint density at radius 3 is 2.24 bits per heavy atom. The number of fused-ring (bicyclic) bond motifs is 3. The third-order valence-electron chi connectivity index (χ3n) is 3.37. The van der Waals surface area contributed by atoms with Crippen molar-refractivity contribution < 1.29 is 4.42 Å². The minimum absolute atomic E-state index is 0.486. The van der Waals surface area contributed by atoms with Gasteiger partial charge >= 0.3 is 0 Å². The number of para-hydroxylation sites is 2. The summed E-state index contributed by atoms with van der Waals surface area (Å²) in [7, 11) is 0. The van der Waals surface area contributed by atoms with Gasteiger partial charge in [-0.25, -0.2) is 0 Å². The van der Waals surface area contributed by atoms with Crippen LogP contribution < -0.4 is 0 Å². The maximum atomic E-state index is 6.08. The summed E-state index contributed by atoms with van der Waals surface area (Å²) in [5, 5.41) is 2.46. The highest BCUT2D eigenvalue weighted by molar-refractivity contribution is 6.06. The molecule has 0 saturated heterocycles. The summed E-state index contributed by atoms with van der Waals surface area (Å²) < 4.78 is 6.08. The van der Waals surface area contributed by atoms with Gasteiger partial charge in [-0.05, 0) is 24.0 Å². The molecule has 1 nitrogen and oxygen atoms in total. The molecule has 0 spiro atoms. The molecule has 2 aromatic carbocycles. The molecule has 3 rings (SSSR count). The highest BCUT2D eigenvalue weighted by atomic mass is 16.3. The Kier molecular flexibility index (Phi) is 2.22. The number of rotatable bonds is 1. The lowest BCUT2D eigenvalue weighted by atomic mass is 10.0. The molecule has 86 valence electrons. The van der Waals surface area contributed by atoms with Gasteiger partial charge in [0.05, 0.1) is 0 Å². The standard InChI is InChI=1S/C16H16O/c1-10(2)12-7-5-9-14-13-8-4-6-11(3)15(13)17-16(12)14/h4-10H,1-3H3. The van der Waals surface area contributed by atoms with Crippen molar-refractivity contribution in [2.75, 3.05) is 0 Å². The van der Waals surface area contributed by atoms with Crippen molar-refractivity contribution in [1.82, 2.24) is 0 Å². The fourth-order valence-electron chi connectivity index (χ4n) is 2.44. The predicted octanol–water partition coefficient (Wildman–Crippen LogP) is 5.02. The topological polar surface area (TPSA) is 13.1 Å². The summed E-state index contributed by atoms with van der Waals surface area (Å²) in [6, 6.07) is 12.7. The van der Waals surface area contributed by atoms with Crippen LogP contribution in [0.4, 0.5) is 0 Å². The molecule has 0 aliphatic heterocycles. The highest BCUT2D eigenvalue weighted by Gasteiger charge is 2.13. The van der Waals surface area contributed by atoms with Gasteiger partial charge < -0.3 is 4.42 Å². The molecule has 0 unspecified atom stereocenters. The van der Waals surface area contributed by atoms with Crippen LogP contribution in [0.25, 0.3) is 21.9 Å². The van der Waals surface area contributed by atoms with Crippen molar-refractivity contribution in [3.05, 3.63) is 47.5 Å². The zero-order chi connectivity index (χ0) is 12.0. The number of hydrogen-bond acceptors (Lipinski definition) is 1. The first kappa shape index (κ1) is 10.4. The molecule has 0 aliphatic carbocycles. The normalized spacial score (nSPS) is 11.8. The van der Waals surface area contributed by atoms with Crippen molar-refractivity contribution in [1.29, 1.82) is 0 Å². The van der Waals surface area contributed by atoms with E-state index in [4.69, 9.17) is 4.42 Å². The second-order valence-corrected chi connectivity index (χ2v) is 4.93. The zero-order valence-electron chi connectivity index (χ0n) is 10.4. The van der Waals surface area contributed by atoms with E-state index >= 15 is 0 Å². The van der Waals surface area contributed by atoms with Gasteiger partial charge in [0, 0.05) is 10.8 Å². The average Bonchev–Trinajstić information content (AvgIpc) is 2.69. The lowest BCUT2D eigenvalue weighted by Crippen LogP contribution is -1.86. The van der Waals surface area contributed by atoms with E-state index in [0.29, 0.717) is 5.92 Å². The van der Waals surface area contributed by atoms with E-state index in [1.54, 1.807) is 0 Å². The molecule has 0 radical (unpaired) electrons. The molecule has 0 atom stereocenters. The molecule has 1 heteroatoms. The average molecular weight is 224 g/mol. The van der Waals surface area contributed by atoms with E-state index in [0.717, 1.165) is 11.2 Å². The van der Waals surface area contributed by atoms with Crippen LogP contribution >= 0.6 is 0 Å². The third kappa shape index (κ3) is 1.46. The van der Waals surface area contributed by atoms with E-state index < -0.39 is 0 Å². The van der Waals surface area contributed by atoms with Gasteiger partial charge in [-0.3, -0.25) is 0 Å². The van der Waals surface area contributed by atoms with Crippen LogP contribution in [-0.2, 0) is 0 Å². The third-order valence-corrected chi connectivity index (χ3v) is 3.37. The molecule has 0 fully saturated rings. The Labute approximate surface area is 101 Å². The first-order valence-electron chi connectivity index (χ1n) is 6.09. The number of hydrogen-bond donors (Lipinski definition) is 0. The Hall–Kier alpha value is -1.76. The number of benzene rings is 2. The first-order chi connectivity index (χ1) is 8.18. The molecular weight excluding hydrogens is 208 g/mol. The van der Waals surface area contributed by atoms with Crippen molar-refractivity contribution in [3.63, 3.8) is 0 Å². The Bertz CT molecular complexity index is 689.